The molecule has 0 atom stereocenters. The van der Waals surface area contributed by atoms with Crippen LogP contribution < -0.4 is 4.74 Å². The average molecular weight is 271 g/mol. The number of hydrogen-bond acceptors (Lipinski definition) is 2. The Morgan fingerprint density at radius 3 is 2.40 bits per heavy atom. The van der Waals surface area contributed by atoms with Gasteiger partial charge in [-0.3, -0.25) is 4.79 Å². The van der Waals surface area contributed by atoms with E-state index in [-0.39, 0.29) is 11.9 Å². The van der Waals surface area contributed by atoms with E-state index in [1.54, 1.807) is 7.11 Å². The van der Waals surface area contributed by atoms with Crippen LogP contribution in [0.15, 0.2) is 36.4 Å². The summed E-state index contributed by atoms with van der Waals surface area (Å²) in [4.78, 5) is 14.4. The molecule has 0 radical (unpaired) electrons. The average Bonchev–Trinajstić information content (AvgIpc) is 2.46. The highest BCUT2D eigenvalue weighted by Gasteiger charge is 2.17. The van der Waals surface area contributed by atoms with Gasteiger partial charge in [0.25, 0.3) is 5.91 Å². The van der Waals surface area contributed by atoms with Crippen molar-refractivity contribution < 1.29 is 9.53 Å². The van der Waals surface area contributed by atoms with Crippen molar-refractivity contribution in [3.63, 3.8) is 0 Å². The number of rotatable bonds is 4. The molecule has 0 aliphatic carbocycles. The molecule has 0 N–H and O–H groups in total. The van der Waals surface area contributed by atoms with Crippen molar-refractivity contribution in [2.45, 2.75) is 26.8 Å². The van der Waals surface area contributed by atoms with Gasteiger partial charge >= 0.3 is 0 Å². The second-order valence-electron chi connectivity index (χ2n) is 5.11. The van der Waals surface area contributed by atoms with Crippen molar-refractivity contribution >= 4 is 16.7 Å². The lowest BCUT2D eigenvalue weighted by Crippen LogP contribution is -2.36. The fourth-order valence-electron chi connectivity index (χ4n) is 2.39. The third kappa shape index (κ3) is 2.77. The first-order valence-corrected chi connectivity index (χ1v) is 6.95. The summed E-state index contributed by atoms with van der Waals surface area (Å²) in [5, 5.41) is 2.13. The highest BCUT2D eigenvalue weighted by Crippen LogP contribution is 2.22. The summed E-state index contributed by atoms with van der Waals surface area (Å²) in [5.74, 6) is 0.911. The molecule has 0 fully saturated rings. The summed E-state index contributed by atoms with van der Waals surface area (Å²) in [6.45, 7) is 6.79. The van der Waals surface area contributed by atoms with Gasteiger partial charge in [0.05, 0.1) is 7.11 Å². The number of carbonyl (C=O) groups excluding carboxylic acids is 1. The van der Waals surface area contributed by atoms with Crippen LogP contribution in [0.25, 0.3) is 10.8 Å². The molecular formula is C17H21NO2. The van der Waals surface area contributed by atoms with Gasteiger partial charge < -0.3 is 9.64 Å². The molecule has 0 spiro atoms. The number of methoxy groups -OCH3 is 1. The molecule has 0 unspecified atom stereocenters. The van der Waals surface area contributed by atoms with Crippen LogP contribution in [-0.4, -0.2) is 30.5 Å². The van der Waals surface area contributed by atoms with Crippen molar-refractivity contribution in [2.24, 2.45) is 0 Å². The summed E-state index contributed by atoms with van der Waals surface area (Å²) < 4.78 is 5.21. The molecule has 0 heterocycles. The van der Waals surface area contributed by atoms with E-state index in [1.807, 2.05) is 62.1 Å². The smallest absolute Gasteiger partial charge is 0.254 e. The predicted octanol–water partition coefficient (Wildman–Crippen LogP) is 3.72. The number of nitrogens with zero attached hydrogens (tertiary/aromatic N) is 1. The largest absolute Gasteiger partial charge is 0.497 e. The van der Waals surface area contributed by atoms with Crippen LogP contribution >= 0.6 is 0 Å². The Morgan fingerprint density at radius 1 is 1.15 bits per heavy atom. The van der Waals surface area contributed by atoms with Crippen LogP contribution in [0, 0.1) is 0 Å². The van der Waals surface area contributed by atoms with E-state index >= 15 is 0 Å². The van der Waals surface area contributed by atoms with Gasteiger partial charge in [-0.15, -0.1) is 0 Å². The van der Waals surface area contributed by atoms with E-state index in [4.69, 9.17) is 4.74 Å². The zero-order valence-corrected chi connectivity index (χ0v) is 12.5. The first kappa shape index (κ1) is 14.4. The molecule has 0 saturated heterocycles. The number of fused-ring (bicyclic) bond motifs is 1. The van der Waals surface area contributed by atoms with Crippen molar-refractivity contribution in [3.8, 4) is 5.75 Å². The Kier molecular flexibility index (Phi) is 4.28. The standard InChI is InChI=1S/C17H21NO2/c1-5-18(12(2)3)17(19)15-7-6-14-11-16(20-4)9-8-13(14)10-15/h6-12H,5H2,1-4H3. The third-order valence-electron chi connectivity index (χ3n) is 3.52. The Morgan fingerprint density at radius 2 is 1.80 bits per heavy atom. The Hall–Kier alpha value is -2.03. The highest BCUT2D eigenvalue weighted by atomic mass is 16.5. The molecule has 0 saturated carbocycles. The zero-order valence-electron chi connectivity index (χ0n) is 12.5. The Balaban J connectivity index is 2.39. The number of amides is 1. The first-order chi connectivity index (χ1) is 9.56. The van der Waals surface area contributed by atoms with E-state index in [0.717, 1.165) is 28.6 Å². The van der Waals surface area contributed by atoms with Crippen molar-refractivity contribution in [1.82, 2.24) is 4.90 Å². The topological polar surface area (TPSA) is 29.5 Å². The van der Waals surface area contributed by atoms with E-state index in [2.05, 4.69) is 0 Å². The second-order valence-corrected chi connectivity index (χ2v) is 5.11. The van der Waals surface area contributed by atoms with E-state index in [1.165, 1.54) is 0 Å². The summed E-state index contributed by atoms with van der Waals surface area (Å²) in [6, 6.07) is 11.9. The summed E-state index contributed by atoms with van der Waals surface area (Å²) in [7, 11) is 1.65. The number of carbonyl (C=O) groups is 1. The van der Waals surface area contributed by atoms with Crippen LogP contribution in [0.4, 0.5) is 0 Å². The molecule has 0 aliphatic heterocycles. The quantitative estimate of drug-likeness (QED) is 0.848. The van der Waals surface area contributed by atoms with E-state index in [9.17, 15) is 4.79 Å². The fourth-order valence-corrected chi connectivity index (χ4v) is 2.39. The molecule has 3 heteroatoms. The van der Waals surface area contributed by atoms with Gasteiger partial charge in [-0.1, -0.05) is 12.1 Å². The molecule has 20 heavy (non-hydrogen) atoms. The van der Waals surface area contributed by atoms with Crippen LogP contribution in [0.3, 0.4) is 0 Å². The van der Waals surface area contributed by atoms with Gasteiger partial charge in [0.1, 0.15) is 5.75 Å². The van der Waals surface area contributed by atoms with Crippen molar-refractivity contribution in [1.29, 1.82) is 0 Å². The number of hydrogen-bond donors (Lipinski definition) is 0. The summed E-state index contributed by atoms with van der Waals surface area (Å²) >= 11 is 0. The van der Waals surface area contributed by atoms with Crippen molar-refractivity contribution in [2.75, 3.05) is 13.7 Å². The summed E-state index contributed by atoms with van der Waals surface area (Å²) in [5.41, 5.74) is 0.734. The first-order valence-electron chi connectivity index (χ1n) is 6.95. The van der Waals surface area contributed by atoms with Gasteiger partial charge in [-0.2, -0.15) is 0 Å². The molecule has 2 aromatic carbocycles. The lowest BCUT2D eigenvalue weighted by molar-refractivity contribution is 0.0717. The minimum absolute atomic E-state index is 0.0835. The molecule has 0 aliphatic rings. The van der Waals surface area contributed by atoms with Gasteiger partial charge in [0.2, 0.25) is 0 Å². The second kappa shape index (κ2) is 5.95. The maximum Gasteiger partial charge on any atom is 0.254 e. The molecule has 106 valence electrons. The molecule has 3 nitrogen and oxygen atoms in total. The van der Waals surface area contributed by atoms with Crippen LogP contribution in [-0.2, 0) is 0 Å². The maximum atomic E-state index is 12.5. The van der Waals surface area contributed by atoms with Gasteiger partial charge in [0, 0.05) is 18.2 Å². The lowest BCUT2D eigenvalue weighted by atomic mass is 10.1. The third-order valence-corrected chi connectivity index (χ3v) is 3.52. The lowest BCUT2D eigenvalue weighted by Gasteiger charge is -2.25. The zero-order chi connectivity index (χ0) is 14.7. The number of ether oxygens (including phenoxy) is 1. The van der Waals surface area contributed by atoms with E-state index in [0.29, 0.717) is 0 Å². The fraction of sp³-hybridized carbons (Fsp3) is 0.353. The molecule has 2 rings (SSSR count). The normalized spacial score (nSPS) is 10.8. The maximum absolute atomic E-state index is 12.5. The predicted molar refractivity (Wildman–Crippen MR) is 82.3 cm³/mol. The van der Waals surface area contributed by atoms with Crippen molar-refractivity contribution in [3.05, 3.63) is 42.0 Å². The van der Waals surface area contributed by atoms with Gasteiger partial charge in [0.15, 0.2) is 0 Å². The SMILES string of the molecule is CCN(C(=O)c1ccc2cc(OC)ccc2c1)C(C)C. The molecule has 0 bridgehead atoms. The molecule has 0 aromatic heterocycles. The van der Waals surface area contributed by atoms with Gasteiger partial charge in [-0.05, 0) is 55.8 Å². The minimum Gasteiger partial charge on any atom is -0.497 e. The molecule has 2 aromatic rings. The number of benzene rings is 2. The highest BCUT2D eigenvalue weighted by molar-refractivity contribution is 5.99. The Labute approximate surface area is 120 Å². The monoisotopic (exact) mass is 271 g/mol. The molecule has 1 amide bonds. The van der Waals surface area contributed by atoms with E-state index < -0.39 is 0 Å². The Bertz CT molecular complexity index is 619. The van der Waals surface area contributed by atoms with Crippen LogP contribution in [0.1, 0.15) is 31.1 Å². The van der Waals surface area contributed by atoms with Gasteiger partial charge in [-0.25, -0.2) is 0 Å². The minimum atomic E-state index is 0.0835. The summed E-state index contributed by atoms with van der Waals surface area (Å²) in [6.07, 6.45) is 0. The van der Waals surface area contributed by atoms with Crippen LogP contribution in [0.2, 0.25) is 0 Å². The molecular weight excluding hydrogens is 250 g/mol. The van der Waals surface area contributed by atoms with Crippen LogP contribution in [0.5, 0.6) is 5.75 Å².